The van der Waals surface area contributed by atoms with Gasteiger partial charge in [0.25, 0.3) is 0 Å². The third kappa shape index (κ3) is 8.84. The van der Waals surface area contributed by atoms with Gasteiger partial charge in [-0.1, -0.05) is 26.0 Å². The molecule has 3 N–H and O–H groups in total. The van der Waals surface area contributed by atoms with E-state index >= 15 is 0 Å². The summed E-state index contributed by atoms with van der Waals surface area (Å²) in [5.41, 5.74) is 5.81. The van der Waals surface area contributed by atoms with Crippen LogP contribution in [0.5, 0.6) is 5.75 Å². The molecular formula is C14H22F3IN4O. The van der Waals surface area contributed by atoms with Gasteiger partial charge in [-0.25, -0.2) is 0 Å². The second-order valence-corrected chi connectivity index (χ2v) is 4.46. The van der Waals surface area contributed by atoms with Gasteiger partial charge >= 0.3 is 6.36 Å². The van der Waals surface area contributed by atoms with E-state index in [0.717, 1.165) is 19.6 Å². The molecule has 0 saturated carbocycles. The lowest BCUT2D eigenvalue weighted by atomic mass is 10.3. The highest BCUT2D eigenvalue weighted by atomic mass is 127. The predicted octanol–water partition coefficient (Wildman–Crippen LogP) is 3.27. The number of hydrogen-bond donors (Lipinski definition) is 2. The maximum Gasteiger partial charge on any atom is 0.573 e. The molecule has 23 heavy (non-hydrogen) atoms. The van der Waals surface area contributed by atoms with Crippen LogP contribution in [-0.4, -0.2) is 43.4 Å². The number of halogens is 4. The molecule has 0 aromatic heterocycles. The zero-order chi connectivity index (χ0) is 16.6. The fraction of sp³-hybridized carbons (Fsp3) is 0.500. The molecule has 0 aliphatic heterocycles. The fourth-order valence-corrected chi connectivity index (χ4v) is 1.81. The first-order chi connectivity index (χ1) is 10.4. The second-order valence-electron chi connectivity index (χ2n) is 4.46. The number of benzene rings is 1. The Morgan fingerprint density at radius 3 is 2.43 bits per heavy atom. The van der Waals surface area contributed by atoms with E-state index in [1.807, 2.05) is 13.8 Å². The molecule has 0 bridgehead atoms. The molecule has 0 saturated heterocycles. The number of likely N-dealkylation sites (N-methyl/N-ethyl adjacent to an activating group) is 1. The van der Waals surface area contributed by atoms with E-state index < -0.39 is 6.36 Å². The van der Waals surface area contributed by atoms with Gasteiger partial charge in [0.2, 0.25) is 0 Å². The highest BCUT2D eigenvalue weighted by molar-refractivity contribution is 14.0. The first-order valence-electron chi connectivity index (χ1n) is 6.99. The van der Waals surface area contributed by atoms with Gasteiger partial charge in [-0.05, 0) is 25.2 Å². The molecule has 1 aromatic carbocycles. The molecule has 132 valence electrons. The van der Waals surface area contributed by atoms with E-state index in [0.29, 0.717) is 6.54 Å². The number of nitrogens with one attached hydrogen (secondary N) is 1. The third-order valence-electron chi connectivity index (χ3n) is 2.97. The summed E-state index contributed by atoms with van der Waals surface area (Å²) < 4.78 is 40.9. The van der Waals surface area contributed by atoms with Crippen LogP contribution >= 0.6 is 24.0 Å². The van der Waals surface area contributed by atoms with Crippen LogP contribution in [0.1, 0.15) is 13.8 Å². The number of rotatable bonds is 7. The summed E-state index contributed by atoms with van der Waals surface area (Å²) in [6, 6.07) is 5.67. The van der Waals surface area contributed by atoms with Gasteiger partial charge in [-0.3, -0.25) is 4.99 Å². The maximum atomic E-state index is 12.3. The summed E-state index contributed by atoms with van der Waals surface area (Å²) in [5.74, 6) is -0.303. The van der Waals surface area contributed by atoms with Gasteiger partial charge in [0.15, 0.2) is 11.7 Å². The van der Waals surface area contributed by atoms with Gasteiger partial charge in [-0.15, -0.1) is 37.1 Å². The quantitative estimate of drug-likeness (QED) is 0.384. The van der Waals surface area contributed by atoms with Crippen molar-refractivity contribution in [2.75, 3.05) is 31.5 Å². The molecule has 1 rings (SSSR count). The largest absolute Gasteiger partial charge is 0.573 e. The Hall–Kier alpha value is -1.23. The van der Waals surface area contributed by atoms with Crippen LogP contribution < -0.4 is 15.8 Å². The lowest BCUT2D eigenvalue weighted by Crippen LogP contribution is -2.28. The van der Waals surface area contributed by atoms with Crippen LogP contribution in [0, 0.1) is 0 Å². The molecule has 9 heteroatoms. The van der Waals surface area contributed by atoms with Crippen LogP contribution in [0.15, 0.2) is 29.3 Å². The molecule has 1 aromatic rings. The minimum Gasteiger partial charge on any atom is -0.404 e. The molecule has 0 unspecified atom stereocenters. The fourth-order valence-electron chi connectivity index (χ4n) is 1.81. The Balaban J connectivity index is 0.00000484. The lowest BCUT2D eigenvalue weighted by molar-refractivity contribution is -0.274. The molecule has 0 aliphatic rings. The smallest absolute Gasteiger partial charge is 0.404 e. The van der Waals surface area contributed by atoms with Crippen molar-refractivity contribution in [2.24, 2.45) is 10.7 Å². The van der Waals surface area contributed by atoms with E-state index in [9.17, 15) is 13.2 Å². The molecule has 0 fully saturated rings. The van der Waals surface area contributed by atoms with Gasteiger partial charge in [0, 0.05) is 6.54 Å². The number of nitrogens with zero attached hydrogens (tertiary/aromatic N) is 2. The number of guanidine groups is 1. The summed E-state index contributed by atoms with van der Waals surface area (Å²) >= 11 is 0. The molecule has 0 heterocycles. The van der Waals surface area contributed by atoms with Crippen molar-refractivity contribution in [1.82, 2.24) is 4.90 Å². The van der Waals surface area contributed by atoms with Crippen molar-refractivity contribution in [3.05, 3.63) is 24.3 Å². The van der Waals surface area contributed by atoms with Crippen LogP contribution in [-0.2, 0) is 0 Å². The standard InChI is InChI=1S/C14H21F3N4O.HI/c1-3-21(4-2)10-9-19-13(18)20-11-7-5-6-8-12(11)22-14(15,16)17;/h5-8H,3-4,9-10H2,1-2H3,(H3,18,19,20);1H. The average molecular weight is 446 g/mol. The lowest BCUT2D eigenvalue weighted by Gasteiger charge is -2.17. The van der Waals surface area contributed by atoms with E-state index in [2.05, 4.69) is 19.9 Å². The van der Waals surface area contributed by atoms with Crippen molar-refractivity contribution in [1.29, 1.82) is 0 Å². The highest BCUT2D eigenvalue weighted by Crippen LogP contribution is 2.29. The Morgan fingerprint density at radius 2 is 1.87 bits per heavy atom. The van der Waals surface area contributed by atoms with Crippen LogP contribution in [0.25, 0.3) is 0 Å². The number of para-hydroxylation sites is 2. The number of hydrogen-bond acceptors (Lipinski definition) is 3. The molecule has 5 nitrogen and oxygen atoms in total. The Kier molecular flexibility index (Phi) is 9.96. The van der Waals surface area contributed by atoms with Crippen LogP contribution in [0.3, 0.4) is 0 Å². The van der Waals surface area contributed by atoms with E-state index in [1.165, 1.54) is 18.2 Å². The number of ether oxygens (including phenoxy) is 1. The maximum absolute atomic E-state index is 12.3. The van der Waals surface area contributed by atoms with E-state index in [4.69, 9.17) is 5.73 Å². The molecule has 0 atom stereocenters. The zero-order valence-corrected chi connectivity index (χ0v) is 15.4. The summed E-state index contributed by atoms with van der Waals surface area (Å²) in [5, 5.41) is 2.63. The third-order valence-corrected chi connectivity index (χ3v) is 2.97. The summed E-state index contributed by atoms with van der Waals surface area (Å²) in [4.78, 5) is 6.26. The van der Waals surface area contributed by atoms with Crippen LogP contribution in [0.2, 0.25) is 0 Å². The minimum atomic E-state index is -4.76. The van der Waals surface area contributed by atoms with E-state index in [1.54, 1.807) is 6.07 Å². The second kappa shape index (κ2) is 10.5. The number of alkyl halides is 3. The predicted molar refractivity (Wildman–Crippen MR) is 96.4 cm³/mol. The first kappa shape index (κ1) is 21.8. The Bertz CT molecular complexity index is 493. The number of aliphatic imine (C=N–C) groups is 1. The van der Waals surface area contributed by atoms with Crippen molar-refractivity contribution < 1.29 is 17.9 Å². The molecule has 0 spiro atoms. The van der Waals surface area contributed by atoms with Crippen molar-refractivity contribution in [3.8, 4) is 5.75 Å². The average Bonchev–Trinajstić information content (AvgIpc) is 2.44. The SMILES string of the molecule is CCN(CC)CCN=C(N)Nc1ccccc1OC(F)(F)F.I. The normalized spacial score (nSPS) is 12.0. The van der Waals surface area contributed by atoms with Crippen LogP contribution in [0.4, 0.5) is 18.9 Å². The van der Waals surface area contributed by atoms with E-state index in [-0.39, 0.29) is 41.4 Å². The molecule has 0 radical (unpaired) electrons. The summed E-state index contributed by atoms with van der Waals surface area (Å²) in [6.45, 7) is 7.08. The van der Waals surface area contributed by atoms with Crippen molar-refractivity contribution in [2.45, 2.75) is 20.2 Å². The first-order valence-corrected chi connectivity index (χ1v) is 6.99. The Labute approximate surface area is 151 Å². The van der Waals surface area contributed by atoms with Gasteiger partial charge in [-0.2, -0.15) is 0 Å². The van der Waals surface area contributed by atoms with Crippen molar-refractivity contribution >= 4 is 35.6 Å². The van der Waals surface area contributed by atoms with Gasteiger partial charge in [0.1, 0.15) is 0 Å². The Morgan fingerprint density at radius 1 is 1.26 bits per heavy atom. The number of anilines is 1. The van der Waals surface area contributed by atoms with Gasteiger partial charge in [0.05, 0.1) is 12.2 Å². The summed E-state index contributed by atoms with van der Waals surface area (Å²) in [6.07, 6.45) is -4.76. The monoisotopic (exact) mass is 446 g/mol. The molecule has 0 aliphatic carbocycles. The molecule has 0 amide bonds. The summed E-state index contributed by atoms with van der Waals surface area (Å²) in [7, 11) is 0. The minimum absolute atomic E-state index is 0. The molecular weight excluding hydrogens is 424 g/mol. The highest BCUT2D eigenvalue weighted by Gasteiger charge is 2.32. The van der Waals surface area contributed by atoms with Crippen molar-refractivity contribution in [3.63, 3.8) is 0 Å². The van der Waals surface area contributed by atoms with Gasteiger partial charge < -0.3 is 20.7 Å². The topological polar surface area (TPSA) is 62.9 Å². The zero-order valence-electron chi connectivity index (χ0n) is 13.1. The number of nitrogens with two attached hydrogens (primary N) is 1.